The third-order valence-electron chi connectivity index (χ3n) is 4.17. The molecule has 0 bridgehead atoms. The molecular formula is C19H28O10. The van der Waals surface area contributed by atoms with E-state index >= 15 is 0 Å². The number of carbonyl (C=O) groups is 3. The molecule has 10 nitrogen and oxygen atoms in total. The fourth-order valence-corrected chi connectivity index (χ4v) is 2.09. The molecule has 0 spiro atoms. The molecule has 1 atom stereocenters. The predicted molar refractivity (Wildman–Crippen MR) is 100 cm³/mol. The first kappa shape index (κ1) is 26.5. The van der Waals surface area contributed by atoms with Crippen molar-refractivity contribution in [1.29, 1.82) is 0 Å². The van der Waals surface area contributed by atoms with Crippen molar-refractivity contribution in [2.75, 3.05) is 26.4 Å². The maximum Gasteiger partial charge on any atom is 0.336 e. The Morgan fingerprint density at radius 3 is 1.31 bits per heavy atom. The summed E-state index contributed by atoms with van der Waals surface area (Å²) in [6.45, 7) is 9.54. The third-order valence-corrected chi connectivity index (χ3v) is 4.17. The molecule has 29 heavy (non-hydrogen) atoms. The first-order chi connectivity index (χ1) is 13.4. The van der Waals surface area contributed by atoms with Gasteiger partial charge in [0.15, 0.2) is 0 Å². The van der Waals surface area contributed by atoms with E-state index in [2.05, 4.69) is 19.7 Å². The quantitative estimate of drug-likeness (QED) is 0.183. The normalized spacial score (nSPS) is 13.2. The fraction of sp³-hybridized carbons (Fsp3) is 0.526. The van der Waals surface area contributed by atoms with E-state index in [1.54, 1.807) is 0 Å². The first-order valence-corrected chi connectivity index (χ1v) is 8.43. The van der Waals surface area contributed by atoms with Crippen molar-refractivity contribution in [2.45, 2.75) is 32.7 Å². The summed E-state index contributed by atoms with van der Waals surface area (Å²) < 4.78 is 15.3. The summed E-state index contributed by atoms with van der Waals surface area (Å²) in [5, 5.41) is 39.7. The van der Waals surface area contributed by atoms with Gasteiger partial charge in [0.25, 0.3) is 6.29 Å². The Bertz CT molecular complexity index is 640. The topological polar surface area (TPSA) is 160 Å². The van der Waals surface area contributed by atoms with Gasteiger partial charge in [0.1, 0.15) is 0 Å². The zero-order valence-electron chi connectivity index (χ0n) is 16.8. The highest BCUT2D eigenvalue weighted by atomic mass is 16.7. The monoisotopic (exact) mass is 416 g/mol. The molecule has 4 N–H and O–H groups in total. The lowest BCUT2D eigenvalue weighted by molar-refractivity contribution is -0.290. The van der Waals surface area contributed by atoms with Gasteiger partial charge in [-0.25, -0.2) is 14.4 Å². The molecule has 0 aromatic carbocycles. The highest BCUT2D eigenvalue weighted by Crippen LogP contribution is 2.40. The van der Waals surface area contributed by atoms with Gasteiger partial charge in [-0.2, -0.15) is 0 Å². The Balaban J connectivity index is 6.78. The van der Waals surface area contributed by atoms with Crippen molar-refractivity contribution < 1.29 is 49.0 Å². The Morgan fingerprint density at radius 1 is 0.724 bits per heavy atom. The maximum atomic E-state index is 12.3. The van der Waals surface area contributed by atoms with E-state index in [0.29, 0.717) is 0 Å². The summed E-state index contributed by atoms with van der Waals surface area (Å²) in [6.07, 6.45) is -2.20. The molecule has 164 valence electrons. The molecule has 0 saturated heterocycles. The van der Waals surface area contributed by atoms with Gasteiger partial charge in [0, 0.05) is 16.7 Å². The number of hydrogen-bond donors (Lipinski definition) is 4. The van der Waals surface area contributed by atoms with Crippen molar-refractivity contribution in [3.63, 3.8) is 0 Å². The molecule has 0 aromatic rings. The second-order valence-corrected chi connectivity index (χ2v) is 6.68. The van der Waals surface area contributed by atoms with Crippen LogP contribution in [0.1, 0.15) is 20.8 Å². The van der Waals surface area contributed by atoms with Crippen molar-refractivity contribution in [1.82, 2.24) is 0 Å². The van der Waals surface area contributed by atoms with E-state index in [-0.39, 0.29) is 16.7 Å². The lowest BCUT2D eigenvalue weighted by Crippen LogP contribution is -2.67. The van der Waals surface area contributed by atoms with Crippen LogP contribution in [0.15, 0.2) is 36.5 Å². The summed E-state index contributed by atoms with van der Waals surface area (Å²) in [5.74, 6) is -3.34. The minimum Gasteiger partial charge on any atom is -0.444 e. The molecule has 0 fully saturated rings. The van der Waals surface area contributed by atoms with Crippen molar-refractivity contribution >= 4 is 17.9 Å². The van der Waals surface area contributed by atoms with Crippen molar-refractivity contribution in [2.24, 2.45) is 5.41 Å². The number of rotatable bonds is 12. The number of hydrogen-bond acceptors (Lipinski definition) is 10. The molecule has 10 heteroatoms. The van der Waals surface area contributed by atoms with Gasteiger partial charge in [0.2, 0.25) is 5.60 Å². The molecular weight excluding hydrogens is 388 g/mol. The van der Waals surface area contributed by atoms with Gasteiger partial charge in [-0.15, -0.1) is 0 Å². The molecule has 0 rings (SSSR count). The Hall–Kier alpha value is -2.53. The summed E-state index contributed by atoms with van der Waals surface area (Å²) in [5.41, 5.74) is -5.26. The zero-order valence-corrected chi connectivity index (χ0v) is 16.8. The Labute approximate surface area is 168 Å². The van der Waals surface area contributed by atoms with Gasteiger partial charge in [-0.05, 0) is 20.8 Å². The third kappa shape index (κ3) is 5.73. The van der Waals surface area contributed by atoms with Crippen LogP contribution < -0.4 is 0 Å². The van der Waals surface area contributed by atoms with E-state index < -0.39 is 61.6 Å². The zero-order chi connectivity index (χ0) is 23.0. The minimum absolute atomic E-state index is 0.137. The average molecular weight is 416 g/mol. The molecule has 0 saturated carbocycles. The van der Waals surface area contributed by atoms with Crippen LogP contribution in [0.4, 0.5) is 0 Å². The largest absolute Gasteiger partial charge is 0.444 e. The first-order valence-electron chi connectivity index (χ1n) is 8.43. The number of aliphatic hydroxyl groups excluding tert-OH is 4. The summed E-state index contributed by atoms with van der Waals surface area (Å²) in [4.78, 5) is 36.5. The Morgan fingerprint density at radius 2 is 1.07 bits per heavy atom. The number of esters is 3. The van der Waals surface area contributed by atoms with Crippen molar-refractivity contribution in [3.05, 3.63) is 36.5 Å². The summed E-state index contributed by atoms with van der Waals surface area (Å²) >= 11 is 0. The lowest BCUT2D eigenvalue weighted by atomic mass is 9.72. The number of ether oxygens (including phenoxy) is 3. The second kappa shape index (κ2) is 10.9. The average Bonchev–Trinajstić information content (AvgIpc) is 2.67. The Kier molecular flexibility index (Phi) is 9.91. The number of aliphatic hydroxyl groups is 4. The van der Waals surface area contributed by atoms with Crippen LogP contribution >= 0.6 is 0 Å². The van der Waals surface area contributed by atoms with Gasteiger partial charge >= 0.3 is 17.9 Å². The van der Waals surface area contributed by atoms with Crippen LogP contribution in [-0.2, 0) is 28.6 Å². The van der Waals surface area contributed by atoms with Gasteiger partial charge in [-0.1, -0.05) is 19.7 Å². The van der Waals surface area contributed by atoms with E-state index in [0.717, 1.165) is 0 Å². The maximum absolute atomic E-state index is 12.3. The molecule has 0 aromatic heterocycles. The van der Waals surface area contributed by atoms with Gasteiger partial charge < -0.3 is 34.6 Å². The van der Waals surface area contributed by atoms with E-state index in [1.165, 1.54) is 20.8 Å². The lowest BCUT2D eigenvalue weighted by Gasteiger charge is -2.48. The van der Waals surface area contributed by atoms with Crippen LogP contribution in [-0.4, -0.2) is 76.7 Å². The standard InChI is InChI=1S/C19H28O10/c1-11(2)14(24)27-17(28-15(25)12(3)4)19(10-23,29-16(26)13(5)6)18(7-20,8-21)9-22/h17,20-23H,1,3,5,7-10H2,2,4,6H3. The molecule has 0 aliphatic carbocycles. The van der Waals surface area contributed by atoms with E-state index in [1.807, 2.05) is 0 Å². The predicted octanol–water partition coefficient (Wildman–Crippen LogP) is -0.635. The molecule has 0 aliphatic rings. The van der Waals surface area contributed by atoms with Crippen LogP contribution in [0.5, 0.6) is 0 Å². The smallest absolute Gasteiger partial charge is 0.336 e. The van der Waals surface area contributed by atoms with Crippen molar-refractivity contribution in [3.8, 4) is 0 Å². The number of carbonyl (C=O) groups excluding carboxylic acids is 3. The summed E-state index contributed by atoms with van der Waals surface area (Å²) in [6, 6.07) is 0. The SMILES string of the molecule is C=C(C)C(=O)OC(OC(=O)C(=C)C)C(CO)(OC(=O)C(=C)C)C(CO)(CO)CO. The fourth-order valence-electron chi connectivity index (χ4n) is 2.09. The molecule has 0 heterocycles. The van der Waals surface area contributed by atoms with Crippen LogP contribution in [0, 0.1) is 5.41 Å². The molecule has 0 aliphatic heterocycles. The highest BCUT2D eigenvalue weighted by Gasteiger charge is 2.62. The van der Waals surface area contributed by atoms with Gasteiger partial charge in [0.05, 0.1) is 31.8 Å². The minimum atomic E-state index is -2.61. The van der Waals surface area contributed by atoms with E-state index in [9.17, 15) is 34.8 Å². The van der Waals surface area contributed by atoms with Crippen LogP contribution in [0.2, 0.25) is 0 Å². The second-order valence-electron chi connectivity index (χ2n) is 6.68. The highest BCUT2D eigenvalue weighted by molar-refractivity contribution is 5.89. The molecule has 0 radical (unpaired) electrons. The van der Waals surface area contributed by atoms with Crippen LogP contribution in [0.25, 0.3) is 0 Å². The van der Waals surface area contributed by atoms with E-state index in [4.69, 9.17) is 14.2 Å². The summed E-state index contributed by atoms with van der Waals surface area (Å²) in [7, 11) is 0. The molecule has 0 amide bonds. The molecule has 1 unspecified atom stereocenters. The van der Waals surface area contributed by atoms with Gasteiger partial charge in [-0.3, -0.25) is 0 Å². The van der Waals surface area contributed by atoms with Crippen LogP contribution in [0.3, 0.4) is 0 Å².